The van der Waals surface area contributed by atoms with Crippen LogP contribution in [-0.2, 0) is 38.3 Å². The Morgan fingerprint density at radius 3 is 2.19 bits per heavy atom. The Bertz CT molecular complexity index is 1570. The molecule has 2 N–H and O–H groups in total. The van der Waals surface area contributed by atoms with Crippen LogP contribution < -0.4 is 10.6 Å². The second-order valence-corrected chi connectivity index (χ2v) is 9.38. The summed E-state index contributed by atoms with van der Waals surface area (Å²) in [4.78, 5) is 32.3. The van der Waals surface area contributed by atoms with Crippen LogP contribution in [0.2, 0.25) is 0 Å². The molecule has 0 aliphatic carbocycles. The summed E-state index contributed by atoms with van der Waals surface area (Å²) < 4.78 is 82.3. The molecule has 228 valence electrons. The molecule has 0 aliphatic heterocycles. The molecular weight excluding hydrogens is 586 g/mol. The Labute approximate surface area is 239 Å². The lowest BCUT2D eigenvalue weighted by Gasteiger charge is -2.11. The van der Waals surface area contributed by atoms with Gasteiger partial charge in [-0.05, 0) is 24.3 Å². The van der Waals surface area contributed by atoms with Gasteiger partial charge in [-0.1, -0.05) is 16.5 Å². The van der Waals surface area contributed by atoms with Gasteiger partial charge in [0.15, 0.2) is 11.4 Å². The molecule has 2 amide bonds. The SMILES string of the molecule is CC(F)(F)c1cccc(CNC(=O)c2cn(CCC(F)Cn3cc(C(=O)NCc4cc(C(F)(F)F)ccn4)nn3)nn2)n1. The average Bonchev–Trinajstić information content (AvgIpc) is 3.63. The molecule has 0 saturated carbocycles. The minimum Gasteiger partial charge on any atom is -0.345 e. The summed E-state index contributed by atoms with van der Waals surface area (Å²) in [6, 6.07) is 5.69. The summed E-state index contributed by atoms with van der Waals surface area (Å²) in [6.45, 7) is 0.0846. The summed E-state index contributed by atoms with van der Waals surface area (Å²) in [5, 5.41) is 19.7. The monoisotopic (exact) mass is 610 g/mol. The minimum absolute atomic E-state index is 0.0146. The molecule has 0 radical (unpaired) electrons. The third kappa shape index (κ3) is 8.79. The van der Waals surface area contributed by atoms with Gasteiger partial charge in [-0.2, -0.15) is 22.0 Å². The Hall–Kier alpha value is -4.90. The zero-order valence-corrected chi connectivity index (χ0v) is 22.4. The maximum absolute atomic E-state index is 14.6. The molecule has 1 atom stereocenters. The van der Waals surface area contributed by atoms with Crippen LogP contribution in [0.25, 0.3) is 0 Å². The molecule has 43 heavy (non-hydrogen) atoms. The fourth-order valence-corrected chi connectivity index (χ4v) is 3.67. The van der Waals surface area contributed by atoms with Crippen molar-refractivity contribution in [3.05, 3.63) is 83.0 Å². The van der Waals surface area contributed by atoms with Gasteiger partial charge in [-0.25, -0.2) is 14.1 Å². The Morgan fingerprint density at radius 1 is 0.907 bits per heavy atom. The molecule has 4 heterocycles. The Morgan fingerprint density at radius 2 is 1.53 bits per heavy atom. The topological polar surface area (TPSA) is 145 Å². The van der Waals surface area contributed by atoms with Crippen LogP contribution in [0.4, 0.5) is 26.3 Å². The molecule has 18 heteroatoms. The summed E-state index contributed by atoms with van der Waals surface area (Å²) in [6.07, 6.45) is -2.60. The zero-order valence-electron chi connectivity index (χ0n) is 22.4. The van der Waals surface area contributed by atoms with Crippen LogP contribution in [0.15, 0.2) is 48.9 Å². The Kier molecular flexibility index (Phi) is 9.35. The van der Waals surface area contributed by atoms with Gasteiger partial charge in [0.2, 0.25) is 0 Å². The van der Waals surface area contributed by atoms with Gasteiger partial charge < -0.3 is 10.6 Å². The van der Waals surface area contributed by atoms with Gasteiger partial charge in [-0.15, -0.1) is 10.2 Å². The molecule has 4 aromatic rings. The van der Waals surface area contributed by atoms with Crippen molar-refractivity contribution < 1.29 is 35.9 Å². The number of hydrogen-bond donors (Lipinski definition) is 2. The van der Waals surface area contributed by atoms with Gasteiger partial charge in [0.25, 0.3) is 17.7 Å². The molecule has 4 aromatic heterocycles. The number of carbonyl (C=O) groups excluding carboxylic acids is 2. The lowest BCUT2D eigenvalue weighted by molar-refractivity contribution is -0.137. The van der Waals surface area contributed by atoms with Gasteiger partial charge in [0.05, 0.1) is 49.0 Å². The molecule has 0 aromatic carbocycles. The van der Waals surface area contributed by atoms with Crippen molar-refractivity contribution in [2.45, 2.75) is 57.8 Å². The van der Waals surface area contributed by atoms with Gasteiger partial charge in [-0.3, -0.25) is 19.3 Å². The third-order valence-electron chi connectivity index (χ3n) is 5.86. The van der Waals surface area contributed by atoms with E-state index in [9.17, 15) is 35.9 Å². The number of nitrogens with one attached hydrogen (secondary N) is 2. The fraction of sp³-hybridized carbons (Fsp3) is 0.360. The highest BCUT2D eigenvalue weighted by atomic mass is 19.4. The summed E-state index contributed by atoms with van der Waals surface area (Å²) in [5.74, 6) is -4.49. The molecule has 0 fully saturated rings. The van der Waals surface area contributed by atoms with Gasteiger partial charge in [0.1, 0.15) is 11.9 Å². The third-order valence-corrected chi connectivity index (χ3v) is 5.86. The van der Waals surface area contributed by atoms with E-state index in [1.807, 2.05) is 0 Å². The highest BCUT2D eigenvalue weighted by Gasteiger charge is 2.30. The fourth-order valence-electron chi connectivity index (χ4n) is 3.67. The van der Waals surface area contributed by atoms with Gasteiger partial charge >= 0.3 is 6.18 Å². The van der Waals surface area contributed by atoms with Crippen molar-refractivity contribution in [3.63, 3.8) is 0 Å². The molecule has 0 aliphatic rings. The van der Waals surface area contributed by atoms with Crippen LogP contribution in [0, 0.1) is 0 Å². The van der Waals surface area contributed by atoms with Crippen molar-refractivity contribution >= 4 is 11.8 Å². The molecule has 0 saturated heterocycles. The first kappa shape index (κ1) is 31.0. The van der Waals surface area contributed by atoms with Crippen molar-refractivity contribution in [1.82, 2.24) is 50.6 Å². The van der Waals surface area contributed by atoms with E-state index in [0.717, 1.165) is 29.9 Å². The first-order valence-electron chi connectivity index (χ1n) is 12.6. The van der Waals surface area contributed by atoms with E-state index < -0.39 is 41.3 Å². The van der Waals surface area contributed by atoms with Crippen molar-refractivity contribution in [1.29, 1.82) is 0 Å². The Balaban J connectivity index is 1.21. The first-order valence-corrected chi connectivity index (χ1v) is 12.6. The number of amides is 2. The standard InChI is InChI=1S/C25H24F6N10O2/c1-24(27,28)21-4-2-3-17(35-21)10-33-22(42)19-13-40(38-36-19)8-6-16(26)12-41-14-20(37-39-41)23(43)34-11-18-9-15(5-7-32-18)25(29,30)31/h2-5,7,9,13-14,16H,6,8,10-12H2,1H3,(H,33,42)(H,34,43). The number of halogens is 6. The maximum atomic E-state index is 14.6. The summed E-state index contributed by atoms with van der Waals surface area (Å²) in [5.41, 5.74) is -1.36. The van der Waals surface area contributed by atoms with E-state index in [1.54, 1.807) is 0 Å². The van der Waals surface area contributed by atoms with Crippen LogP contribution in [0.3, 0.4) is 0 Å². The second-order valence-electron chi connectivity index (χ2n) is 9.38. The summed E-state index contributed by atoms with van der Waals surface area (Å²) in [7, 11) is 0. The molecule has 1 unspecified atom stereocenters. The predicted octanol–water partition coefficient (Wildman–Crippen LogP) is 3.08. The zero-order chi connectivity index (χ0) is 31.2. The van der Waals surface area contributed by atoms with Crippen LogP contribution >= 0.6 is 0 Å². The number of carbonyl (C=O) groups is 2. The van der Waals surface area contributed by atoms with Gasteiger partial charge in [0, 0.05) is 26.1 Å². The molecule has 0 spiro atoms. The summed E-state index contributed by atoms with van der Waals surface area (Å²) >= 11 is 0. The number of rotatable bonds is 12. The van der Waals surface area contributed by atoms with Crippen LogP contribution in [0.1, 0.15) is 57.0 Å². The molecule has 4 rings (SSSR count). The van der Waals surface area contributed by atoms with E-state index in [-0.39, 0.29) is 55.4 Å². The van der Waals surface area contributed by atoms with E-state index in [0.29, 0.717) is 0 Å². The van der Waals surface area contributed by atoms with E-state index in [4.69, 9.17) is 0 Å². The predicted molar refractivity (Wildman–Crippen MR) is 135 cm³/mol. The first-order chi connectivity index (χ1) is 20.3. The van der Waals surface area contributed by atoms with E-state index in [1.165, 1.54) is 35.3 Å². The van der Waals surface area contributed by atoms with Crippen molar-refractivity contribution in [3.8, 4) is 0 Å². The molecule has 0 bridgehead atoms. The quantitative estimate of drug-likeness (QED) is 0.233. The van der Waals surface area contributed by atoms with Crippen LogP contribution in [0.5, 0.6) is 0 Å². The molecule has 12 nitrogen and oxygen atoms in total. The van der Waals surface area contributed by atoms with Crippen LogP contribution in [-0.4, -0.2) is 57.9 Å². The number of nitrogens with zero attached hydrogens (tertiary/aromatic N) is 8. The van der Waals surface area contributed by atoms with E-state index >= 15 is 0 Å². The highest BCUT2D eigenvalue weighted by Crippen LogP contribution is 2.29. The number of pyridine rings is 2. The minimum atomic E-state index is -4.55. The highest BCUT2D eigenvalue weighted by molar-refractivity contribution is 5.92. The van der Waals surface area contributed by atoms with E-state index in [2.05, 4.69) is 41.2 Å². The number of hydrogen-bond acceptors (Lipinski definition) is 8. The smallest absolute Gasteiger partial charge is 0.345 e. The number of alkyl halides is 6. The maximum Gasteiger partial charge on any atom is 0.416 e. The van der Waals surface area contributed by atoms with Crippen molar-refractivity contribution in [2.24, 2.45) is 0 Å². The largest absolute Gasteiger partial charge is 0.416 e. The number of aromatic nitrogens is 8. The normalized spacial score (nSPS) is 12.6. The second kappa shape index (κ2) is 13.0. The van der Waals surface area contributed by atoms with Crippen molar-refractivity contribution in [2.75, 3.05) is 0 Å². The molecular formula is C25H24F6N10O2. The lowest BCUT2D eigenvalue weighted by atomic mass is 10.2. The lowest BCUT2D eigenvalue weighted by Crippen LogP contribution is -2.24. The number of aryl methyl sites for hydroxylation is 1. The average molecular weight is 611 g/mol.